The first-order valence-corrected chi connectivity index (χ1v) is 9.73. The van der Waals surface area contributed by atoms with Crippen LogP contribution in [0, 0.1) is 0 Å². The first kappa shape index (κ1) is 17.0. The molecule has 0 amide bonds. The van der Waals surface area contributed by atoms with Gasteiger partial charge < -0.3 is 16.0 Å². The molecule has 4 rings (SSSR count). The minimum absolute atomic E-state index is 0.238. The van der Waals surface area contributed by atoms with Gasteiger partial charge in [-0.15, -0.1) is 0 Å². The van der Waals surface area contributed by atoms with Crippen molar-refractivity contribution in [2.45, 2.75) is 31.7 Å². The Hall–Kier alpha value is -2.40. The lowest BCUT2D eigenvalue weighted by atomic mass is 9.93. The van der Waals surface area contributed by atoms with Crippen molar-refractivity contribution >= 4 is 29.2 Å². The van der Waals surface area contributed by atoms with E-state index in [1.54, 1.807) is 0 Å². The predicted molar refractivity (Wildman–Crippen MR) is 111 cm³/mol. The molecule has 0 fully saturated rings. The number of pyridine rings is 1. The highest BCUT2D eigenvalue weighted by atomic mass is 32.1. The largest absolute Gasteiger partial charge is 0.370 e. The third-order valence-electron chi connectivity index (χ3n) is 4.96. The predicted octanol–water partition coefficient (Wildman–Crippen LogP) is 3.60. The molecule has 0 spiro atoms. The molecule has 3 N–H and O–H groups in total. The van der Waals surface area contributed by atoms with Gasteiger partial charge in [0.05, 0.1) is 6.04 Å². The van der Waals surface area contributed by atoms with Gasteiger partial charge >= 0.3 is 0 Å². The summed E-state index contributed by atoms with van der Waals surface area (Å²) in [4.78, 5) is 4.73. The van der Waals surface area contributed by atoms with Gasteiger partial charge in [-0.2, -0.15) is 0 Å². The van der Waals surface area contributed by atoms with E-state index in [4.69, 9.17) is 17.2 Å². The van der Waals surface area contributed by atoms with E-state index in [9.17, 15) is 0 Å². The second-order valence-corrected chi connectivity index (χ2v) is 7.22. The lowest BCUT2D eigenvalue weighted by Gasteiger charge is -2.24. The average Bonchev–Trinajstić information content (AvgIpc) is 2.68. The number of nitrogens with one attached hydrogen (secondary N) is 3. The summed E-state index contributed by atoms with van der Waals surface area (Å²) in [6.45, 7) is 1.80. The zero-order chi connectivity index (χ0) is 17.8. The van der Waals surface area contributed by atoms with Crippen LogP contribution in [-0.4, -0.2) is 23.2 Å². The van der Waals surface area contributed by atoms with E-state index in [0.29, 0.717) is 5.11 Å². The van der Waals surface area contributed by atoms with Crippen LogP contribution in [0.3, 0.4) is 0 Å². The molecule has 4 nitrogen and oxygen atoms in total. The summed E-state index contributed by atoms with van der Waals surface area (Å²) < 4.78 is 0. The third kappa shape index (κ3) is 3.88. The highest BCUT2D eigenvalue weighted by Gasteiger charge is 2.17. The van der Waals surface area contributed by atoms with Crippen molar-refractivity contribution in [2.75, 3.05) is 18.4 Å². The van der Waals surface area contributed by atoms with Crippen LogP contribution in [0.5, 0.6) is 0 Å². The van der Waals surface area contributed by atoms with Crippen molar-refractivity contribution in [3.8, 4) is 0 Å². The summed E-state index contributed by atoms with van der Waals surface area (Å²) in [5, 5.41) is 10.9. The monoisotopic (exact) mass is 364 g/mol. The average molecular weight is 365 g/mol. The Morgan fingerprint density at radius 1 is 1.23 bits per heavy atom. The fourth-order valence-electron chi connectivity index (χ4n) is 3.60. The highest BCUT2D eigenvalue weighted by Crippen LogP contribution is 2.27. The Labute approximate surface area is 160 Å². The quantitative estimate of drug-likeness (QED) is 0.724. The van der Waals surface area contributed by atoms with Gasteiger partial charge in [0, 0.05) is 25.2 Å². The molecule has 26 heavy (non-hydrogen) atoms. The molecule has 0 saturated carbocycles. The molecule has 1 aromatic carbocycles. The topological polar surface area (TPSA) is 49.0 Å². The van der Waals surface area contributed by atoms with Gasteiger partial charge in [0.1, 0.15) is 5.82 Å². The zero-order valence-corrected chi connectivity index (χ0v) is 15.6. The molecule has 1 aliphatic heterocycles. The maximum absolute atomic E-state index is 5.50. The molecule has 2 aliphatic rings. The standard InChI is InChI=1S/C21H24N4S/c26-21(25-19-9-3-6-15-5-1-2-8-18(15)19)23-14-12-17-11-10-16-7-4-13-22-20(16)24-17/h1-3,5-6,8,10-11,19H,4,7,9,12-14H2,(H,22,24)(H2,23,25,26). The first-order chi connectivity index (χ1) is 12.8. The molecule has 1 unspecified atom stereocenters. The number of nitrogens with zero attached hydrogens (tertiary/aromatic N) is 1. The number of aromatic nitrogens is 1. The number of hydrogen-bond donors (Lipinski definition) is 3. The lowest BCUT2D eigenvalue weighted by Crippen LogP contribution is -2.39. The van der Waals surface area contributed by atoms with Gasteiger partial charge in [-0.25, -0.2) is 4.98 Å². The van der Waals surface area contributed by atoms with Gasteiger partial charge in [0.2, 0.25) is 0 Å². The summed E-state index contributed by atoms with van der Waals surface area (Å²) >= 11 is 5.50. The number of anilines is 1. The van der Waals surface area contributed by atoms with Crippen LogP contribution in [0.15, 0.2) is 42.5 Å². The fraction of sp³-hybridized carbons (Fsp3) is 0.333. The van der Waals surface area contributed by atoms with Crippen molar-refractivity contribution in [3.05, 3.63) is 64.9 Å². The Balaban J connectivity index is 1.29. The Morgan fingerprint density at radius 2 is 2.15 bits per heavy atom. The van der Waals surface area contributed by atoms with Crippen molar-refractivity contribution < 1.29 is 0 Å². The Morgan fingerprint density at radius 3 is 3.12 bits per heavy atom. The molecular weight excluding hydrogens is 340 g/mol. The minimum Gasteiger partial charge on any atom is -0.370 e. The van der Waals surface area contributed by atoms with Gasteiger partial charge in [-0.1, -0.05) is 42.5 Å². The molecule has 2 aromatic rings. The van der Waals surface area contributed by atoms with Crippen LogP contribution in [0.2, 0.25) is 0 Å². The van der Waals surface area contributed by atoms with Crippen LogP contribution in [0.4, 0.5) is 5.82 Å². The van der Waals surface area contributed by atoms with E-state index in [-0.39, 0.29) is 6.04 Å². The first-order valence-electron chi connectivity index (χ1n) is 9.32. The third-order valence-corrected chi connectivity index (χ3v) is 5.23. The maximum atomic E-state index is 5.50. The normalized spacial score (nSPS) is 17.6. The van der Waals surface area contributed by atoms with Crippen LogP contribution in [-0.2, 0) is 12.8 Å². The highest BCUT2D eigenvalue weighted by molar-refractivity contribution is 7.80. The Kier molecular flexibility index (Phi) is 5.16. The molecule has 0 saturated heterocycles. The van der Waals surface area contributed by atoms with Gasteiger partial charge in [-0.05, 0) is 54.2 Å². The molecule has 134 valence electrons. The van der Waals surface area contributed by atoms with Crippen molar-refractivity contribution in [2.24, 2.45) is 0 Å². The van der Waals surface area contributed by atoms with E-state index in [1.807, 2.05) is 0 Å². The van der Waals surface area contributed by atoms with Crippen molar-refractivity contribution in [1.29, 1.82) is 0 Å². The number of thiocarbonyl (C=S) groups is 1. The maximum Gasteiger partial charge on any atom is 0.166 e. The summed E-state index contributed by atoms with van der Waals surface area (Å²) in [7, 11) is 0. The molecular formula is C21H24N4S. The van der Waals surface area contributed by atoms with Crippen LogP contribution in [0.25, 0.3) is 6.08 Å². The minimum atomic E-state index is 0.238. The fourth-order valence-corrected chi connectivity index (χ4v) is 3.84. The van der Waals surface area contributed by atoms with Gasteiger partial charge in [0.25, 0.3) is 0 Å². The number of rotatable bonds is 4. The van der Waals surface area contributed by atoms with Crippen LogP contribution in [0.1, 0.15) is 41.3 Å². The van der Waals surface area contributed by atoms with Crippen molar-refractivity contribution in [1.82, 2.24) is 15.6 Å². The molecule has 5 heteroatoms. The number of fused-ring (bicyclic) bond motifs is 2. The molecule has 0 radical (unpaired) electrons. The zero-order valence-electron chi connectivity index (χ0n) is 14.8. The van der Waals surface area contributed by atoms with E-state index in [2.05, 4.69) is 64.5 Å². The summed E-state index contributed by atoms with van der Waals surface area (Å²) in [6.07, 6.45) is 8.51. The van der Waals surface area contributed by atoms with Gasteiger partial charge in [-0.3, -0.25) is 0 Å². The molecule has 1 aromatic heterocycles. The molecule has 1 aliphatic carbocycles. The number of hydrogen-bond acceptors (Lipinski definition) is 3. The van der Waals surface area contributed by atoms with Crippen molar-refractivity contribution in [3.63, 3.8) is 0 Å². The van der Waals surface area contributed by atoms with Crippen LogP contribution >= 0.6 is 12.2 Å². The second kappa shape index (κ2) is 7.87. The smallest absolute Gasteiger partial charge is 0.166 e. The Bertz CT molecular complexity index is 831. The van der Waals surface area contributed by atoms with Crippen LogP contribution < -0.4 is 16.0 Å². The molecule has 1 atom stereocenters. The van der Waals surface area contributed by atoms with E-state index in [1.165, 1.54) is 23.1 Å². The SMILES string of the molecule is S=C(NCCc1ccc2c(n1)NCCC2)NC1CC=Cc2ccccc21. The second-order valence-electron chi connectivity index (χ2n) is 6.81. The van der Waals surface area contributed by atoms with E-state index in [0.717, 1.165) is 43.9 Å². The summed E-state index contributed by atoms with van der Waals surface area (Å²) in [6, 6.07) is 13.0. The molecule has 0 bridgehead atoms. The van der Waals surface area contributed by atoms with Gasteiger partial charge in [0.15, 0.2) is 5.11 Å². The summed E-state index contributed by atoms with van der Waals surface area (Å²) in [5.41, 5.74) is 5.00. The molecule has 2 heterocycles. The summed E-state index contributed by atoms with van der Waals surface area (Å²) in [5.74, 6) is 1.06. The van der Waals surface area contributed by atoms with E-state index >= 15 is 0 Å². The van der Waals surface area contributed by atoms with E-state index < -0.39 is 0 Å². The number of aryl methyl sites for hydroxylation is 1. The number of benzene rings is 1. The lowest BCUT2D eigenvalue weighted by molar-refractivity contribution is 0.639.